The molecule has 0 aliphatic heterocycles. The number of hydrogen-bond donors (Lipinski definition) is 0. The third-order valence-corrected chi connectivity index (χ3v) is 4.16. The number of rotatable bonds is 5. The van der Waals surface area contributed by atoms with Crippen LogP contribution in [0.4, 0.5) is 5.69 Å². The largest absolute Gasteiger partial charge is 0.335 e. The van der Waals surface area contributed by atoms with Crippen molar-refractivity contribution in [3.8, 4) is 22.5 Å². The highest BCUT2D eigenvalue weighted by Crippen LogP contribution is 2.38. The van der Waals surface area contributed by atoms with Crippen LogP contribution in [0.1, 0.15) is 11.1 Å². The molecule has 0 fully saturated rings. The van der Waals surface area contributed by atoms with Crippen LogP contribution in [0.25, 0.3) is 22.5 Å². The Morgan fingerprint density at radius 2 is 1.50 bits per heavy atom. The molecule has 3 aromatic rings. The van der Waals surface area contributed by atoms with Crippen LogP contribution in [-0.4, -0.2) is 4.57 Å². The summed E-state index contributed by atoms with van der Waals surface area (Å²) in [5, 5.41) is 3.27. The molecule has 2 aromatic carbocycles. The van der Waals surface area contributed by atoms with Crippen molar-refractivity contribution in [1.82, 2.24) is 4.57 Å². The second-order valence-electron chi connectivity index (χ2n) is 5.99. The summed E-state index contributed by atoms with van der Waals surface area (Å²) in [6, 6.07) is 18.3. The molecule has 0 aliphatic carbocycles. The standard InChI is InChI=1S/C21H20N2O/c1-4-13-23-20(17-9-5-15(2)6-10-17)14-19(22-24)21(23)18-11-7-16(3)8-12-18/h4-12,14H,1,13H2,2-3H3. The Morgan fingerprint density at radius 1 is 0.958 bits per heavy atom. The summed E-state index contributed by atoms with van der Waals surface area (Å²) < 4.78 is 2.10. The molecule has 0 N–H and O–H groups in total. The fraction of sp³-hybridized carbons (Fsp3) is 0.143. The molecule has 1 aromatic heterocycles. The highest BCUT2D eigenvalue weighted by Gasteiger charge is 2.18. The van der Waals surface area contributed by atoms with Crippen molar-refractivity contribution in [1.29, 1.82) is 0 Å². The average Bonchev–Trinajstić information content (AvgIpc) is 2.95. The van der Waals surface area contributed by atoms with Gasteiger partial charge in [0.1, 0.15) is 5.69 Å². The zero-order valence-corrected chi connectivity index (χ0v) is 14.0. The van der Waals surface area contributed by atoms with Crippen LogP contribution in [0.15, 0.2) is 72.4 Å². The predicted molar refractivity (Wildman–Crippen MR) is 100 cm³/mol. The molecule has 3 heteroatoms. The lowest BCUT2D eigenvalue weighted by atomic mass is 10.1. The van der Waals surface area contributed by atoms with E-state index in [1.807, 2.05) is 43.3 Å². The molecule has 24 heavy (non-hydrogen) atoms. The third-order valence-electron chi connectivity index (χ3n) is 4.16. The van der Waals surface area contributed by atoms with Crippen molar-refractivity contribution >= 4 is 5.69 Å². The maximum Gasteiger partial charge on any atom is 0.134 e. The minimum atomic E-state index is 0.455. The van der Waals surface area contributed by atoms with Gasteiger partial charge in [0.2, 0.25) is 0 Å². The van der Waals surface area contributed by atoms with Crippen molar-refractivity contribution in [3.63, 3.8) is 0 Å². The van der Waals surface area contributed by atoms with Gasteiger partial charge in [-0.15, -0.1) is 11.5 Å². The summed E-state index contributed by atoms with van der Waals surface area (Å²) in [7, 11) is 0. The zero-order chi connectivity index (χ0) is 17.1. The molecule has 0 saturated carbocycles. The van der Waals surface area contributed by atoms with Crippen LogP contribution in [0.3, 0.4) is 0 Å². The van der Waals surface area contributed by atoms with Crippen LogP contribution < -0.4 is 0 Å². The maximum atomic E-state index is 11.4. The van der Waals surface area contributed by atoms with Crippen LogP contribution >= 0.6 is 0 Å². The quantitative estimate of drug-likeness (QED) is 0.418. The second kappa shape index (κ2) is 6.67. The molecule has 0 saturated heterocycles. The molecule has 0 amide bonds. The fourth-order valence-corrected chi connectivity index (χ4v) is 2.90. The Morgan fingerprint density at radius 3 is 2.00 bits per heavy atom. The van der Waals surface area contributed by atoms with Gasteiger partial charge in [-0.1, -0.05) is 65.7 Å². The topological polar surface area (TPSA) is 34.4 Å². The van der Waals surface area contributed by atoms with Gasteiger partial charge >= 0.3 is 0 Å². The maximum absolute atomic E-state index is 11.4. The van der Waals surface area contributed by atoms with Gasteiger partial charge in [-0.05, 0) is 30.7 Å². The molecule has 0 atom stereocenters. The van der Waals surface area contributed by atoms with Gasteiger partial charge in [0.25, 0.3) is 0 Å². The van der Waals surface area contributed by atoms with E-state index >= 15 is 0 Å². The lowest BCUT2D eigenvalue weighted by Gasteiger charge is -2.12. The Kier molecular flexibility index (Phi) is 4.43. The molecule has 0 spiro atoms. The van der Waals surface area contributed by atoms with E-state index in [0.717, 1.165) is 22.5 Å². The van der Waals surface area contributed by atoms with Crippen molar-refractivity contribution < 1.29 is 0 Å². The fourth-order valence-electron chi connectivity index (χ4n) is 2.90. The number of nitroso groups, excluding NO2 is 1. The number of allylic oxidation sites excluding steroid dienone is 1. The monoisotopic (exact) mass is 316 g/mol. The molecular weight excluding hydrogens is 296 g/mol. The number of aryl methyl sites for hydroxylation is 2. The summed E-state index contributed by atoms with van der Waals surface area (Å²) >= 11 is 0. The minimum absolute atomic E-state index is 0.455. The molecule has 3 rings (SSSR count). The van der Waals surface area contributed by atoms with Gasteiger partial charge in [-0.25, -0.2) is 0 Å². The second-order valence-corrected chi connectivity index (χ2v) is 5.99. The van der Waals surface area contributed by atoms with Gasteiger partial charge in [-0.3, -0.25) is 0 Å². The summed E-state index contributed by atoms with van der Waals surface area (Å²) in [6.07, 6.45) is 1.84. The van der Waals surface area contributed by atoms with Gasteiger partial charge in [-0.2, -0.15) is 0 Å². The van der Waals surface area contributed by atoms with Crippen LogP contribution in [0, 0.1) is 18.8 Å². The third kappa shape index (κ3) is 2.93. The molecule has 1 heterocycles. The van der Waals surface area contributed by atoms with Crippen LogP contribution in [0.2, 0.25) is 0 Å². The molecule has 0 unspecified atom stereocenters. The smallest absolute Gasteiger partial charge is 0.134 e. The Bertz CT molecular complexity index is 871. The first-order valence-electron chi connectivity index (χ1n) is 7.96. The first-order chi connectivity index (χ1) is 11.6. The van der Waals surface area contributed by atoms with E-state index in [-0.39, 0.29) is 0 Å². The average molecular weight is 316 g/mol. The Hall–Kier alpha value is -2.94. The van der Waals surface area contributed by atoms with Crippen molar-refractivity contribution in [2.45, 2.75) is 20.4 Å². The van der Waals surface area contributed by atoms with E-state index < -0.39 is 0 Å². The Labute approximate surface area is 142 Å². The summed E-state index contributed by atoms with van der Waals surface area (Å²) in [6.45, 7) is 8.58. The van der Waals surface area contributed by atoms with E-state index in [0.29, 0.717) is 12.2 Å². The zero-order valence-electron chi connectivity index (χ0n) is 14.0. The molecule has 0 aliphatic rings. The highest BCUT2D eigenvalue weighted by atomic mass is 16.3. The first kappa shape index (κ1) is 15.9. The van der Waals surface area contributed by atoms with Gasteiger partial charge in [0, 0.05) is 12.1 Å². The molecule has 120 valence electrons. The summed E-state index contributed by atoms with van der Waals surface area (Å²) in [4.78, 5) is 11.4. The van der Waals surface area contributed by atoms with Crippen molar-refractivity contribution in [3.05, 3.63) is 83.3 Å². The number of hydrogen-bond acceptors (Lipinski definition) is 2. The first-order valence-corrected chi connectivity index (χ1v) is 7.96. The number of benzene rings is 2. The van der Waals surface area contributed by atoms with E-state index in [9.17, 15) is 4.91 Å². The normalized spacial score (nSPS) is 10.6. The van der Waals surface area contributed by atoms with Crippen LogP contribution in [-0.2, 0) is 6.54 Å². The SMILES string of the molecule is C=CCn1c(-c2ccc(C)cc2)cc(N=O)c1-c1ccc(C)cc1. The van der Waals surface area contributed by atoms with Crippen molar-refractivity contribution in [2.75, 3.05) is 0 Å². The van der Waals surface area contributed by atoms with E-state index in [4.69, 9.17) is 0 Å². The summed E-state index contributed by atoms with van der Waals surface area (Å²) in [5.74, 6) is 0. The highest BCUT2D eigenvalue weighted by molar-refractivity contribution is 5.80. The van der Waals surface area contributed by atoms with Crippen LogP contribution in [0.5, 0.6) is 0 Å². The molecule has 0 radical (unpaired) electrons. The van der Waals surface area contributed by atoms with Gasteiger partial charge in [0.05, 0.1) is 11.4 Å². The lowest BCUT2D eigenvalue weighted by Crippen LogP contribution is -2.00. The number of nitrogens with zero attached hydrogens (tertiary/aromatic N) is 2. The lowest BCUT2D eigenvalue weighted by molar-refractivity contribution is 0.849. The van der Waals surface area contributed by atoms with E-state index in [2.05, 4.69) is 47.5 Å². The molecular formula is C21H20N2O. The molecule has 0 bridgehead atoms. The predicted octanol–water partition coefficient (Wildman–Crippen LogP) is 6.02. The van der Waals surface area contributed by atoms with Crippen molar-refractivity contribution in [2.24, 2.45) is 5.18 Å². The molecule has 3 nitrogen and oxygen atoms in total. The summed E-state index contributed by atoms with van der Waals surface area (Å²) in [5.41, 5.74) is 6.69. The minimum Gasteiger partial charge on any atom is -0.335 e. The Balaban J connectivity index is 2.24. The van der Waals surface area contributed by atoms with E-state index in [1.165, 1.54) is 11.1 Å². The number of aromatic nitrogens is 1. The van der Waals surface area contributed by atoms with Gasteiger partial charge in [0.15, 0.2) is 0 Å². The van der Waals surface area contributed by atoms with E-state index in [1.54, 1.807) is 0 Å². The van der Waals surface area contributed by atoms with Gasteiger partial charge < -0.3 is 4.57 Å².